The number of rotatable bonds is 2. The molecule has 52 heavy (non-hydrogen) atoms. The van der Waals surface area contributed by atoms with Crippen molar-refractivity contribution in [2.75, 3.05) is 4.90 Å². The highest BCUT2D eigenvalue weighted by Gasteiger charge is 2.46. The van der Waals surface area contributed by atoms with E-state index in [2.05, 4.69) is 0 Å². The zero-order valence-corrected chi connectivity index (χ0v) is 29.6. The highest BCUT2D eigenvalue weighted by molar-refractivity contribution is 14.1. The fourth-order valence-electron chi connectivity index (χ4n) is 8.38. The third kappa shape index (κ3) is 4.11. The maximum Gasteiger partial charge on any atom is 0.0715 e. The molecule has 2 nitrogen and oxygen atoms in total. The van der Waals surface area contributed by atoms with E-state index >= 15 is 0 Å². The van der Waals surface area contributed by atoms with Crippen LogP contribution >= 0.6 is 22.6 Å². The van der Waals surface area contributed by atoms with E-state index in [0.717, 1.165) is 33.4 Å². The lowest BCUT2D eigenvalue weighted by Gasteiger charge is -2.36. The van der Waals surface area contributed by atoms with Crippen molar-refractivity contribution >= 4 is 61.5 Å². The van der Waals surface area contributed by atoms with Crippen LogP contribution in [0.15, 0.2) is 188 Å². The Labute approximate surface area is 330 Å². The lowest BCUT2D eigenvalue weighted by molar-refractivity contribution is 0.769. The van der Waals surface area contributed by atoms with Crippen LogP contribution in [0, 0.1) is 3.57 Å². The van der Waals surface area contributed by atoms with Gasteiger partial charge in [-0.15, -0.1) is 0 Å². The molecule has 1 aliphatic heterocycles. The molecule has 6 bridgehead atoms. The highest BCUT2D eigenvalue weighted by atomic mass is 127. The van der Waals surface area contributed by atoms with Crippen LogP contribution in [0.1, 0.15) is 36.0 Å². The first kappa shape index (κ1) is 21.5. The molecule has 2 aliphatic rings. The molecule has 0 radical (unpaired) electrons. The van der Waals surface area contributed by atoms with Gasteiger partial charge in [-0.25, -0.2) is 0 Å². The average molecular weight is 785 g/mol. The first-order chi connectivity index (χ1) is 29.9. The van der Waals surface area contributed by atoms with Gasteiger partial charge < -0.3 is 9.47 Å². The van der Waals surface area contributed by atoms with Crippen molar-refractivity contribution in [1.82, 2.24) is 4.57 Å². The number of nitrogens with zero attached hydrogens (tertiary/aromatic N) is 2. The van der Waals surface area contributed by atoms with E-state index in [9.17, 15) is 11.0 Å². The first-order valence-electron chi connectivity index (χ1n) is 22.0. The summed E-state index contributed by atoms with van der Waals surface area (Å²) in [5, 5.41) is 0.158. The standard InChI is InChI=1S/C49H31IN2/c50-35-29-37-31-38(30-35)52-47-24-11-7-20-42(47)43-26-25-34(28-48(43)52)49(44-21-8-4-18-40(44)41-19-5-9-22-45(41)49)33-15-12-16-36(27-33)51(37)46-23-10-6-17-39(46)32-13-2-1-3-14-32/h1-31H/i7D,11D,12D,15D,20D,24D,25D,26D,29D,30D. The van der Waals surface area contributed by atoms with E-state index < -0.39 is 17.5 Å². The van der Waals surface area contributed by atoms with Gasteiger partial charge in [0, 0.05) is 37.0 Å². The van der Waals surface area contributed by atoms with Gasteiger partial charge in [0.1, 0.15) is 0 Å². The first-order valence-corrected chi connectivity index (χ1v) is 18.1. The maximum absolute atomic E-state index is 10.0. The molecular formula is C49H31IN2. The van der Waals surface area contributed by atoms with Crippen molar-refractivity contribution in [3.63, 3.8) is 0 Å². The SMILES string of the molecule is [2H]c1cc2cc(c1[2H])C1(c3ccccc3-c3ccccc31)c1cc3c(c([2H])c1[2H])c1c([2H])c([2H])c([2H])c([2H])c1n3-c1cc(c([2H])c(I)c1[2H])N2c1ccccc1-c1ccccc1. The van der Waals surface area contributed by atoms with Crippen LogP contribution in [0.2, 0.25) is 0 Å². The quantitative estimate of drug-likeness (QED) is 0.159. The van der Waals surface area contributed by atoms with E-state index in [4.69, 9.17) is 2.74 Å². The van der Waals surface area contributed by atoms with Gasteiger partial charge >= 0.3 is 0 Å². The largest absolute Gasteiger partial charge is 0.310 e. The van der Waals surface area contributed by atoms with E-state index in [1.165, 1.54) is 0 Å². The molecule has 1 spiro atoms. The van der Waals surface area contributed by atoms with Crippen LogP contribution in [0.3, 0.4) is 0 Å². The molecule has 0 atom stereocenters. The molecule has 244 valence electrons. The molecule has 9 aromatic rings. The minimum absolute atomic E-state index is 0.00607. The number of hydrogen-bond acceptors (Lipinski definition) is 1. The van der Waals surface area contributed by atoms with Crippen molar-refractivity contribution in [3.05, 3.63) is 214 Å². The molecule has 0 unspecified atom stereocenters. The molecule has 3 heteroatoms. The van der Waals surface area contributed by atoms with Crippen LogP contribution in [0.4, 0.5) is 17.1 Å². The molecule has 0 saturated heterocycles. The van der Waals surface area contributed by atoms with Crippen molar-refractivity contribution in [1.29, 1.82) is 0 Å². The minimum Gasteiger partial charge on any atom is -0.310 e. The number of halogens is 1. The third-order valence-electron chi connectivity index (χ3n) is 10.4. The summed E-state index contributed by atoms with van der Waals surface area (Å²) in [4.78, 5) is 1.88. The molecule has 1 aliphatic carbocycles. The van der Waals surface area contributed by atoms with Gasteiger partial charge in [-0.1, -0.05) is 139 Å². The fraction of sp³-hybridized carbons (Fsp3) is 0.0204. The Morgan fingerprint density at radius 2 is 1.15 bits per heavy atom. The van der Waals surface area contributed by atoms with Gasteiger partial charge in [-0.05, 0) is 110 Å². The Bertz CT molecular complexity index is 3410. The van der Waals surface area contributed by atoms with Gasteiger partial charge in [0.05, 0.1) is 35.8 Å². The topological polar surface area (TPSA) is 8.17 Å². The van der Waals surface area contributed by atoms with E-state index in [1.54, 1.807) is 22.8 Å². The Morgan fingerprint density at radius 3 is 1.96 bits per heavy atom. The zero-order chi connectivity index (χ0) is 43.1. The normalized spacial score (nSPS) is 16.3. The fourth-order valence-corrected chi connectivity index (χ4v) is 8.93. The molecule has 11 rings (SSSR count). The Hall–Kier alpha value is -5.91. The molecule has 0 saturated carbocycles. The van der Waals surface area contributed by atoms with Crippen molar-refractivity contribution in [2.45, 2.75) is 5.41 Å². The maximum atomic E-state index is 10.0. The lowest BCUT2D eigenvalue weighted by atomic mass is 9.67. The second-order valence-electron chi connectivity index (χ2n) is 13.1. The van der Waals surface area contributed by atoms with Gasteiger partial charge in [-0.2, -0.15) is 0 Å². The van der Waals surface area contributed by atoms with E-state index in [-0.39, 0.29) is 79.4 Å². The van der Waals surface area contributed by atoms with Crippen LogP contribution < -0.4 is 4.90 Å². The Balaban J connectivity index is 1.45. The van der Waals surface area contributed by atoms with Gasteiger partial charge in [0.2, 0.25) is 0 Å². The number of benzene rings is 8. The summed E-state index contributed by atoms with van der Waals surface area (Å²) in [5.74, 6) is 0. The highest BCUT2D eigenvalue weighted by Crippen LogP contribution is 2.57. The second kappa shape index (κ2) is 11.3. The average Bonchev–Trinajstić information content (AvgIpc) is 3.79. The Morgan fingerprint density at radius 1 is 0.500 bits per heavy atom. The van der Waals surface area contributed by atoms with Crippen molar-refractivity contribution < 1.29 is 13.7 Å². The monoisotopic (exact) mass is 784 g/mol. The third-order valence-corrected chi connectivity index (χ3v) is 11.0. The predicted molar refractivity (Wildman–Crippen MR) is 224 cm³/mol. The molecule has 0 amide bonds. The minimum atomic E-state index is -1.48. The van der Waals surface area contributed by atoms with Gasteiger partial charge in [-0.3, -0.25) is 0 Å². The number of hydrogen-bond donors (Lipinski definition) is 0. The molecule has 0 fully saturated rings. The van der Waals surface area contributed by atoms with Crippen molar-refractivity contribution in [3.8, 4) is 27.9 Å². The summed E-state index contributed by atoms with van der Waals surface area (Å²) in [7, 11) is 0. The van der Waals surface area contributed by atoms with Gasteiger partial charge in [0.25, 0.3) is 0 Å². The van der Waals surface area contributed by atoms with Crippen LogP contribution in [0.5, 0.6) is 0 Å². The summed E-state index contributed by atoms with van der Waals surface area (Å²) in [6.07, 6.45) is 0. The smallest absolute Gasteiger partial charge is 0.0715 e. The van der Waals surface area contributed by atoms with E-state index in [1.807, 2.05) is 137 Å². The number of para-hydroxylation sites is 2. The molecule has 1 aromatic heterocycles. The molecular weight excluding hydrogens is 743 g/mol. The Kier molecular flexibility index (Phi) is 4.66. The summed E-state index contributed by atoms with van der Waals surface area (Å²) < 4.78 is 96.9. The molecule has 0 N–H and O–H groups in total. The van der Waals surface area contributed by atoms with Crippen LogP contribution in [0.25, 0.3) is 49.7 Å². The molecule has 8 aromatic carbocycles. The summed E-state index contributed by atoms with van der Waals surface area (Å²) in [6, 6.07) is 37.5. The van der Waals surface area contributed by atoms with Crippen molar-refractivity contribution in [2.24, 2.45) is 0 Å². The predicted octanol–water partition coefficient (Wildman–Crippen LogP) is 13.2. The second-order valence-corrected chi connectivity index (χ2v) is 14.1. The molecule has 2 heterocycles. The van der Waals surface area contributed by atoms with E-state index in [0.29, 0.717) is 28.2 Å². The number of anilines is 3. The number of fused-ring (bicyclic) bond motifs is 16. The summed E-state index contributed by atoms with van der Waals surface area (Å²) in [6.45, 7) is 0. The van der Waals surface area contributed by atoms with Crippen LogP contribution in [-0.4, -0.2) is 4.57 Å². The number of aromatic nitrogens is 1. The zero-order valence-electron chi connectivity index (χ0n) is 37.4. The summed E-state index contributed by atoms with van der Waals surface area (Å²) >= 11 is 1.98. The summed E-state index contributed by atoms with van der Waals surface area (Å²) in [5.41, 5.74) is 5.96. The van der Waals surface area contributed by atoms with Crippen LogP contribution in [-0.2, 0) is 5.41 Å². The lowest BCUT2D eigenvalue weighted by Crippen LogP contribution is -2.29. The van der Waals surface area contributed by atoms with Gasteiger partial charge in [0.15, 0.2) is 0 Å².